The maximum Gasteiger partial charge on any atom is 0.118 e. The average Bonchev–Trinajstić information content (AvgIpc) is 3.10. The summed E-state index contributed by atoms with van der Waals surface area (Å²) in [6.45, 7) is 4.16. The van der Waals surface area contributed by atoms with E-state index in [1.807, 2.05) is 12.1 Å². The predicted octanol–water partition coefficient (Wildman–Crippen LogP) is 1.69. The summed E-state index contributed by atoms with van der Waals surface area (Å²) >= 11 is 0. The normalized spacial score (nSPS) is 29.0. The van der Waals surface area contributed by atoms with Crippen LogP contribution in [0.2, 0.25) is 0 Å². The van der Waals surface area contributed by atoms with Gasteiger partial charge in [-0.15, -0.1) is 0 Å². The molecule has 0 bridgehead atoms. The molecular formula is C17H27N3O. The number of ether oxygens (including phenoxy) is 1. The second kappa shape index (κ2) is 5.95. The summed E-state index contributed by atoms with van der Waals surface area (Å²) in [5, 5.41) is 0. The molecule has 0 aromatic heterocycles. The van der Waals surface area contributed by atoms with Gasteiger partial charge in [0.1, 0.15) is 5.75 Å². The smallest absolute Gasteiger partial charge is 0.118 e. The highest BCUT2D eigenvalue weighted by Crippen LogP contribution is 2.39. The lowest BCUT2D eigenvalue weighted by Gasteiger charge is -2.42. The standard InChI is InChI=1S/C17H27N3O/c1-19(12-14-5-7-15(21-2)8-6-14)17(13-18)9-11-20-10-3-4-16(17)20/h5-8,16H,3-4,9-13,18H2,1-2H3. The molecule has 0 spiro atoms. The van der Waals surface area contributed by atoms with E-state index in [2.05, 4.69) is 29.0 Å². The summed E-state index contributed by atoms with van der Waals surface area (Å²) in [6.07, 6.45) is 3.81. The van der Waals surface area contributed by atoms with Crippen LogP contribution in [0.25, 0.3) is 0 Å². The van der Waals surface area contributed by atoms with E-state index < -0.39 is 0 Å². The zero-order valence-electron chi connectivity index (χ0n) is 13.2. The molecule has 0 radical (unpaired) electrons. The Hall–Kier alpha value is -1.10. The monoisotopic (exact) mass is 289 g/mol. The van der Waals surface area contributed by atoms with Crippen LogP contribution in [-0.2, 0) is 6.54 Å². The number of benzene rings is 1. The Balaban J connectivity index is 1.74. The average molecular weight is 289 g/mol. The van der Waals surface area contributed by atoms with Gasteiger partial charge >= 0.3 is 0 Å². The van der Waals surface area contributed by atoms with Gasteiger partial charge in [-0.1, -0.05) is 12.1 Å². The van der Waals surface area contributed by atoms with Crippen molar-refractivity contribution < 1.29 is 4.74 Å². The topological polar surface area (TPSA) is 41.7 Å². The third-order valence-electron chi connectivity index (χ3n) is 5.51. The molecule has 4 heteroatoms. The van der Waals surface area contributed by atoms with Gasteiger partial charge in [-0.25, -0.2) is 0 Å². The minimum atomic E-state index is 0.149. The van der Waals surface area contributed by atoms with Crippen LogP contribution in [0, 0.1) is 0 Å². The number of rotatable bonds is 5. The summed E-state index contributed by atoms with van der Waals surface area (Å²) in [6, 6.07) is 9.02. The van der Waals surface area contributed by atoms with Crippen LogP contribution in [-0.4, -0.2) is 55.2 Å². The molecular weight excluding hydrogens is 262 g/mol. The number of hydrogen-bond donors (Lipinski definition) is 1. The molecule has 0 aliphatic carbocycles. The van der Waals surface area contributed by atoms with Crippen LogP contribution >= 0.6 is 0 Å². The second-order valence-electron chi connectivity index (χ2n) is 6.46. The predicted molar refractivity (Wildman–Crippen MR) is 85.5 cm³/mol. The van der Waals surface area contributed by atoms with E-state index in [-0.39, 0.29) is 5.54 Å². The van der Waals surface area contributed by atoms with E-state index in [0.717, 1.165) is 18.8 Å². The SMILES string of the molecule is COc1ccc(CN(C)C2(CN)CCN3CCCC32)cc1. The van der Waals surface area contributed by atoms with Crippen molar-refractivity contribution in [2.24, 2.45) is 5.73 Å². The first-order valence-electron chi connectivity index (χ1n) is 7.98. The van der Waals surface area contributed by atoms with Gasteiger partial charge in [0.15, 0.2) is 0 Å². The van der Waals surface area contributed by atoms with Gasteiger partial charge in [-0.2, -0.15) is 0 Å². The van der Waals surface area contributed by atoms with E-state index in [0.29, 0.717) is 6.04 Å². The summed E-state index contributed by atoms with van der Waals surface area (Å²) in [5.74, 6) is 0.915. The van der Waals surface area contributed by atoms with Crippen molar-refractivity contribution in [1.29, 1.82) is 0 Å². The van der Waals surface area contributed by atoms with Crippen LogP contribution < -0.4 is 10.5 Å². The fraction of sp³-hybridized carbons (Fsp3) is 0.647. The molecule has 2 fully saturated rings. The second-order valence-corrected chi connectivity index (χ2v) is 6.46. The Morgan fingerprint density at radius 3 is 2.76 bits per heavy atom. The summed E-state index contributed by atoms with van der Waals surface area (Å²) in [5.41, 5.74) is 7.71. The highest BCUT2D eigenvalue weighted by Gasteiger charge is 2.50. The Morgan fingerprint density at radius 2 is 2.10 bits per heavy atom. The zero-order valence-corrected chi connectivity index (χ0v) is 13.2. The lowest BCUT2D eigenvalue weighted by Crippen LogP contribution is -2.58. The number of nitrogens with zero attached hydrogens (tertiary/aromatic N) is 2. The molecule has 2 aliphatic heterocycles. The van der Waals surface area contributed by atoms with Gasteiger partial charge in [0, 0.05) is 31.2 Å². The lowest BCUT2D eigenvalue weighted by molar-refractivity contribution is 0.0841. The quantitative estimate of drug-likeness (QED) is 0.896. The molecule has 116 valence electrons. The molecule has 2 N–H and O–H groups in total. The molecule has 2 heterocycles. The number of likely N-dealkylation sites (N-methyl/N-ethyl adjacent to an activating group) is 1. The zero-order chi connectivity index (χ0) is 14.9. The Kier molecular flexibility index (Phi) is 4.20. The first kappa shape index (κ1) is 14.8. The maximum absolute atomic E-state index is 6.24. The molecule has 1 aromatic rings. The fourth-order valence-corrected chi connectivity index (χ4v) is 4.21. The van der Waals surface area contributed by atoms with E-state index in [1.54, 1.807) is 7.11 Å². The lowest BCUT2D eigenvalue weighted by atomic mass is 9.86. The third kappa shape index (κ3) is 2.56. The molecule has 3 rings (SSSR count). The van der Waals surface area contributed by atoms with Gasteiger partial charge in [0.05, 0.1) is 7.11 Å². The van der Waals surface area contributed by atoms with Crippen LogP contribution in [0.15, 0.2) is 24.3 Å². The summed E-state index contributed by atoms with van der Waals surface area (Å²) in [4.78, 5) is 5.13. The Labute approximate surface area is 127 Å². The van der Waals surface area contributed by atoms with Crippen LogP contribution in [0.4, 0.5) is 0 Å². The minimum absolute atomic E-state index is 0.149. The number of methoxy groups -OCH3 is 1. The molecule has 2 unspecified atom stereocenters. The van der Waals surface area contributed by atoms with Gasteiger partial charge < -0.3 is 10.5 Å². The van der Waals surface area contributed by atoms with Crippen molar-refractivity contribution in [2.75, 3.05) is 33.8 Å². The molecule has 1 aromatic carbocycles. The van der Waals surface area contributed by atoms with Crippen molar-refractivity contribution in [3.8, 4) is 5.75 Å². The summed E-state index contributed by atoms with van der Waals surface area (Å²) < 4.78 is 5.23. The Bertz CT molecular complexity index is 475. The van der Waals surface area contributed by atoms with Crippen molar-refractivity contribution in [2.45, 2.75) is 37.4 Å². The maximum atomic E-state index is 6.24. The minimum Gasteiger partial charge on any atom is -0.497 e. The molecule has 2 saturated heterocycles. The fourth-order valence-electron chi connectivity index (χ4n) is 4.21. The van der Waals surface area contributed by atoms with E-state index in [4.69, 9.17) is 10.5 Å². The summed E-state index contributed by atoms with van der Waals surface area (Å²) in [7, 11) is 3.94. The molecule has 21 heavy (non-hydrogen) atoms. The molecule has 0 saturated carbocycles. The van der Waals surface area contributed by atoms with Crippen LogP contribution in [0.1, 0.15) is 24.8 Å². The number of hydrogen-bond acceptors (Lipinski definition) is 4. The van der Waals surface area contributed by atoms with Crippen LogP contribution in [0.5, 0.6) is 5.75 Å². The van der Waals surface area contributed by atoms with E-state index >= 15 is 0 Å². The van der Waals surface area contributed by atoms with Crippen molar-refractivity contribution in [3.63, 3.8) is 0 Å². The van der Waals surface area contributed by atoms with Gasteiger partial charge in [-0.3, -0.25) is 9.80 Å². The van der Waals surface area contributed by atoms with E-state index in [9.17, 15) is 0 Å². The van der Waals surface area contributed by atoms with Crippen LogP contribution in [0.3, 0.4) is 0 Å². The first-order chi connectivity index (χ1) is 10.2. The first-order valence-corrected chi connectivity index (χ1v) is 7.98. The number of fused-ring (bicyclic) bond motifs is 1. The highest BCUT2D eigenvalue weighted by atomic mass is 16.5. The van der Waals surface area contributed by atoms with Gasteiger partial charge in [0.2, 0.25) is 0 Å². The largest absolute Gasteiger partial charge is 0.497 e. The highest BCUT2D eigenvalue weighted by molar-refractivity contribution is 5.27. The van der Waals surface area contributed by atoms with Gasteiger partial charge in [0.25, 0.3) is 0 Å². The Morgan fingerprint density at radius 1 is 1.33 bits per heavy atom. The molecule has 4 nitrogen and oxygen atoms in total. The van der Waals surface area contributed by atoms with Crippen molar-refractivity contribution in [1.82, 2.24) is 9.80 Å². The van der Waals surface area contributed by atoms with Crippen molar-refractivity contribution in [3.05, 3.63) is 29.8 Å². The van der Waals surface area contributed by atoms with E-state index in [1.165, 1.54) is 37.9 Å². The molecule has 2 atom stereocenters. The molecule has 2 aliphatic rings. The number of nitrogens with two attached hydrogens (primary N) is 1. The van der Waals surface area contributed by atoms with Gasteiger partial charge in [-0.05, 0) is 50.6 Å². The molecule has 0 amide bonds. The van der Waals surface area contributed by atoms with Crippen molar-refractivity contribution >= 4 is 0 Å². The third-order valence-corrected chi connectivity index (χ3v) is 5.51.